The molecule has 0 aliphatic heterocycles. The highest BCUT2D eigenvalue weighted by molar-refractivity contribution is 6.33. The van der Waals surface area contributed by atoms with Crippen molar-refractivity contribution < 1.29 is 14.3 Å². The zero-order chi connectivity index (χ0) is 13.7. The molecular weight excluding hydrogens is 257 g/mol. The average molecular weight is 274 g/mol. The average Bonchev–Trinajstić information content (AvgIpc) is 2.28. The SMILES string of the molecule is CC(C)C(O)CCNC(=O)c1ccc(F)cc1Cl. The quantitative estimate of drug-likeness (QED) is 0.866. The number of carbonyl (C=O) groups is 1. The van der Waals surface area contributed by atoms with Crippen molar-refractivity contribution in [1.82, 2.24) is 5.32 Å². The monoisotopic (exact) mass is 273 g/mol. The van der Waals surface area contributed by atoms with Crippen LogP contribution >= 0.6 is 11.6 Å². The maximum atomic E-state index is 12.8. The number of hydrogen-bond acceptors (Lipinski definition) is 2. The number of aliphatic hydroxyl groups is 1. The van der Waals surface area contributed by atoms with E-state index >= 15 is 0 Å². The van der Waals surface area contributed by atoms with Gasteiger partial charge in [0.25, 0.3) is 5.91 Å². The summed E-state index contributed by atoms with van der Waals surface area (Å²) in [4.78, 5) is 11.7. The molecule has 0 aromatic heterocycles. The minimum absolute atomic E-state index is 0.0805. The van der Waals surface area contributed by atoms with Gasteiger partial charge in [0.15, 0.2) is 0 Å². The first-order valence-corrected chi connectivity index (χ1v) is 6.21. The molecule has 1 amide bonds. The van der Waals surface area contributed by atoms with E-state index in [0.29, 0.717) is 13.0 Å². The van der Waals surface area contributed by atoms with E-state index in [1.165, 1.54) is 12.1 Å². The van der Waals surface area contributed by atoms with Crippen molar-refractivity contribution >= 4 is 17.5 Å². The Bertz CT molecular complexity index is 423. The Balaban J connectivity index is 2.51. The predicted molar refractivity (Wildman–Crippen MR) is 69.2 cm³/mol. The third kappa shape index (κ3) is 4.27. The van der Waals surface area contributed by atoms with E-state index in [1.807, 2.05) is 13.8 Å². The maximum absolute atomic E-state index is 12.8. The van der Waals surface area contributed by atoms with Crippen molar-refractivity contribution in [1.29, 1.82) is 0 Å². The molecule has 0 saturated heterocycles. The summed E-state index contributed by atoms with van der Waals surface area (Å²) in [7, 11) is 0. The van der Waals surface area contributed by atoms with Gasteiger partial charge in [0, 0.05) is 6.54 Å². The molecule has 1 unspecified atom stereocenters. The lowest BCUT2D eigenvalue weighted by Crippen LogP contribution is -2.28. The molecule has 2 N–H and O–H groups in total. The minimum Gasteiger partial charge on any atom is -0.393 e. The van der Waals surface area contributed by atoms with Gasteiger partial charge in [0.05, 0.1) is 16.7 Å². The number of amides is 1. The van der Waals surface area contributed by atoms with Gasteiger partial charge in [-0.1, -0.05) is 25.4 Å². The highest BCUT2D eigenvalue weighted by Gasteiger charge is 2.12. The van der Waals surface area contributed by atoms with Crippen LogP contribution in [0.4, 0.5) is 4.39 Å². The van der Waals surface area contributed by atoms with Crippen LogP contribution in [0.5, 0.6) is 0 Å². The molecule has 0 aliphatic carbocycles. The Morgan fingerprint density at radius 1 is 1.50 bits per heavy atom. The molecule has 0 heterocycles. The van der Waals surface area contributed by atoms with Gasteiger partial charge in [-0.25, -0.2) is 4.39 Å². The molecule has 1 aromatic rings. The number of nitrogens with one attached hydrogen (secondary N) is 1. The number of aliphatic hydroxyl groups excluding tert-OH is 1. The van der Waals surface area contributed by atoms with Gasteiger partial charge in [-0.3, -0.25) is 4.79 Å². The van der Waals surface area contributed by atoms with Gasteiger partial charge in [0.2, 0.25) is 0 Å². The van der Waals surface area contributed by atoms with Crippen LogP contribution in [0.3, 0.4) is 0 Å². The Morgan fingerprint density at radius 2 is 2.17 bits per heavy atom. The first kappa shape index (κ1) is 14.9. The van der Waals surface area contributed by atoms with Crippen LogP contribution < -0.4 is 5.32 Å². The van der Waals surface area contributed by atoms with Gasteiger partial charge >= 0.3 is 0 Å². The second-order valence-corrected chi connectivity index (χ2v) is 4.89. The van der Waals surface area contributed by atoms with Gasteiger partial charge in [0.1, 0.15) is 5.82 Å². The molecule has 100 valence electrons. The lowest BCUT2D eigenvalue weighted by atomic mass is 10.0. The standard InChI is InChI=1S/C13H17ClFNO2/c1-8(2)12(17)5-6-16-13(18)10-4-3-9(15)7-11(10)14/h3-4,7-8,12,17H,5-6H2,1-2H3,(H,16,18). The third-order valence-electron chi connectivity index (χ3n) is 2.67. The predicted octanol–water partition coefficient (Wildman–Crippen LogP) is 2.62. The number of halogens is 2. The van der Waals surface area contributed by atoms with E-state index in [2.05, 4.69) is 5.32 Å². The fourth-order valence-electron chi connectivity index (χ4n) is 1.44. The zero-order valence-electron chi connectivity index (χ0n) is 10.4. The van der Waals surface area contributed by atoms with Crippen LogP contribution in [0.15, 0.2) is 18.2 Å². The largest absolute Gasteiger partial charge is 0.393 e. The lowest BCUT2D eigenvalue weighted by Gasteiger charge is -2.14. The van der Waals surface area contributed by atoms with E-state index in [-0.39, 0.29) is 22.4 Å². The molecule has 1 atom stereocenters. The van der Waals surface area contributed by atoms with Gasteiger partial charge < -0.3 is 10.4 Å². The summed E-state index contributed by atoms with van der Waals surface area (Å²) in [6.07, 6.45) is 0.0244. The highest BCUT2D eigenvalue weighted by atomic mass is 35.5. The fourth-order valence-corrected chi connectivity index (χ4v) is 1.69. The summed E-state index contributed by atoms with van der Waals surface area (Å²) >= 11 is 5.77. The molecule has 0 saturated carbocycles. The van der Waals surface area contributed by atoms with Gasteiger partial charge in [-0.15, -0.1) is 0 Å². The fraction of sp³-hybridized carbons (Fsp3) is 0.462. The Kier molecular flexibility index (Phi) is 5.56. The van der Waals surface area contributed by atoms with E-state index in [9.17, 15) is 14.3 Å². The highest BCUT2D eigenvalue weighted by Crippen LogP contribution is 2.17. The molecule has 1 aromatic carbocycles. The van der Waals surface area contributed by atoms with Crippen LogP contribution in [0.25, 0.3) is 0 Å². The molecule has 0 spiro atoms. The normalized spacial score (nSPS) is 12.6. The van der Waals surface area contributed by atoms with Crippen LogP contribution in [0.2, 0.25) is 5.02 Å². The first-order valence-electron chi connectivity index (χ1n) is 5.83. The van der Waals surface area contributed by atoms with Crippen LogP contribution in [0, 0.1) is 11.7 Å². The Hall–Kier alpha value is -1.13. The summed E-state index contributed by atoms with van der Waals surface area (Å²) in [5.41, 5.74) is 0.233. The first-order chi connectivity index (χ1) is 8.41. The number of hydrogen-bond donors (Lipinski definition) is 2. The van der Waals surface area contributed by atoms with Crippen LogP contribution in [-0.2, 0) is 0 Å². The Morgan fingerprint density at radius 3 is 2.72 bits per heavy atom. The molecular formula is C13H17ClFNO2. The Labute approximate surface area is 111 Å². The third-order valence-corrected chi connectivity index (χ3v) is 2.98. The van der Waals surface area contributed by atoms with Crippen molar-refractivity contribution in [3.05, 3.63) is 34.6 Å². The van der Waals surface area contributed by atoms with E-state index in [4.69, 9.17) is 11.6 Å². The van der Waals surface area contributed by atoms with Crippen molar-refractivity contribution in [3.8, 4) is 0 Å². The summed E-state index contributed by atoms with van der Waals surface area (Å²) in [6.45, 7) is 4.17. The molecule has 0 radical (unpaired) electrons. The minimum atomic E-state index is -0.480. The van der Waals surface area contributed by atoms with Crippen LogP contribution in [-0.4, -0.2) is 23.7 Å². The van der Waals surface area contributed by atoms with Crippen molar-refractivity contribution in [2.24, 2.45) is 5.92 Å². The molecule has 0 bridgehead atoms. The van der Waals surface area contributed by atoms with E-state index in [0.717, 1.165) is 6.07 Å². The zero-order valence-corrected chi connectivity index (χ0v) is 11.2. The topological polar surface area (TPSA) is 49.3 Å². The maximum Gasteiger partial charge on any atom is 0.252 e. The molecule has 18 heavy (non-hydrogen) atoms. The summed E-state index contributed by atoms with van der Waals surface area (Å²) in [5, 5.41) is 12.3. The molecule has 5 heteroatoms. The van der Waals surface area contributed by atoms with Crippen molar-refractivity contribution in [3.63, 3.8) is 0 Å². The summed E-state index contributed by atoms with van der Waals surface area (Å²) in [6, 6.07) is 3.62. The number of carbonyl (C=O) groups excluding carboxylic acids is 1. The second-order valence-electron chi connectivity index (χ2n) is 4.48. The second kappa shape index (κ2) is 6.71. The molecule has 0 aliphatic rings. The van der Waals surface area contributed by atoms with Crippen molar-refractivity contribution in [2.45, 2.75) is 26.4 Å². The van der Waals surface area contributed by atoms with E-state index < -0.39 is 11.9 Å². The lowest BCUT2D eigenvalue weighted by molar-refractivity contribution is 0.0920. The molecule has 0 fully saturated rings. The van der Waals surface area contributed by atoms with Crippen LogP contribution in [0.1, 0.15) is 30.6 Å². The molecule has 1 rings (SSSR count). The summed E-state index contributed by atoms with van der Waals surface area (Å²) in [5.74, 6) is -0.695. The summed E-state index contributed by atoms with van der Waals surface area (Å²) < 4.78 is 12.8. The van der Waals surface area contributed by atoms with E-state index in [1.54, 1.807) is 0 Å². The smallest absolute Gasteiger partial charge is 0.252 e. The van der Waals surface area contributed by atoms with Gasteiger partial charge in [-0.05, 0) is 30.5 Å². The molecule has 3 nitrogen and oxygen atoms in total. The van der Waals surface area contributed by atoms with Gasteiger partial charge in [-0.2, -0.15) is 0 Å². The number of rotatable bonds is 5. The van der Waals surface area contributed by atoms with Crippen molar-refractivity contribution in [2.75, 3.05) is 6.54 Å². The number of benzene rings is 1.